The number of hydrogen-bond donors (Lipinski definition) is 5. The minimum atomic E-state index is -0.661. The van der Waals surface area contributed by atoms with Crippen LogP contribution in [0.25, 0.3) is 0 Å². The van der Waals surface area contributed by atoms with E-state index in [0.29, 0.717) is 11.1 Å². The Morgan fingerprint density at radius 2 is 1.18 bits per heavy atom. The first-order valence-corrected chi connectivity index (χ1v) is 7.39. The molecule has 0 fully saturated rings. The van der Waals surface area contributed by atoms with Crippen LogP contribution in [-0.4, -0.2) is 5.11 Å². The van der Waals surface area contributed by atoms with Crippen molar-refractivity contribution < 1.29 is 5.11 Å². The molecule has 0 saturated carbocycles. The molecule has 7 N–H and O–H groups in total. The number of benzene rings is 1. The van der Waals surface area contributed by atoms with Crippen LogP contribution >= 0.6 is 12.6 Å². The van der Waals surface area contributed by atoms with Gasteiger partial charge in [-0.05, 0) is 59.2 Å². The lowest BCUT2D eigenvalue weighted by atomic mass is 9.81. The number of thiol groups is 1. The fraction of sp³-hybridized carbons (Fsp3) is 0.562. The normalized spacial score (nSPS) is 12.2. The van der Waals surface area contributed by atoms with E-state index < -0.39 is 16.6 Å². The van der Waals surface area contributed by atoms with E-state index >= 15 is 0 Å². The number of phenols is 1. The van der Waals surface area contributed by atoms with Gasteiger partial charge in [-0.25, -0.2) is 0 Å². The van der Waals surface area contributed by atoms with Gasteiger partial charge >= 0.3 is 0 Å². The summed E-state index contributed by atoms with van der Waals surface area (Å²) in [6.07, 6.45) is 0. The molecule has 1 rings (SSSR count). The summed E-state index contributed by atoms with van der Waals surface area (Å²) in [5, 5.41) is 19.1. The van der Waals surface area contributed by atoms with Crippen LogP contribution in [0.4, 0.5) is 0 Å². The first-order valence-electron chi connectivity index (χ1n) is 6.94. The van der Waals surface area contributed by atoms with Gasteiger partial charge in [0.05, 0.1) is 0 Å². The van der Waals surface area contributed by atoms with Crippen LogP contribution in [0.5, 0.6) is 5.75 Å². The fourth-order valence-electron chi connectivity index (χ4n) is 1.99. The second kappa shape index (κ2) is 6.88. The van der Waals surface area contributed by atoms with E-state index in [1.807, 2.05) is 53.7 Å². The highest BCUT2D eigenvalue weighted by Gasteiger charge is 2.29. The average Bonchev–Trinajstić information content (AvgIpc) is 2.25. The third-order valence-corrected chi connectivity index (χ3v) is 3.24. The van der Waals surface area contributed by atoms with Crippen molar-refractivity contribution in [3.63, 3.8) is 0 Å². The third-order valence-electron chi connectivity index (χ3n) is 3.24. The Morgan fingerprint density at radius 3 is 1.36 bits per heavy atom. The number of nitriles is 1. The lowest BCUT2D eigenvalue weighted by Crippen LogP contribution is -2.35. The Hall–Kier alpha value is -1.26. The quantitative estimate of drug-likeness (QED) is 0.431. The maximum Gasteiger partial charge on any atom is 0.130 e. The van der Waals surface area contributed by atoms with Gasteiger partial charge in [0, 0.05) is 27.7 Å². The van der Waals surface area contributed by atoms with Gasteiger partial charge in [0.25, 0.3) is 0 Å². The molecule has 0 bridgehead atoms. The fourth-order valence-corrected chi connectivity index (χ4v) is 1.99. The summed E-state index contributed by atoms with van der Waals surface area (Å²) < 4.78 is 0. The number of nitrogens with zero attached hydrogens (tertiary/aromatic N) is 1. The highest BCUT2D eigenvalue weighted by molar-refractivity contribution is 7.85. The van der Waals surface area contributed by atoms with Crippen molar-refractivity contribution >= 4 is 12.6 Å². The summed E-state index contributed by atoms with van der Waals surface area (Å²) in [4.78, 5) is 0. The van der Waals surface area contributed by atoms with Crippen LogP contribution in [0.3, 0.4) is 0 Å². The molecule has 0 aliphatic heterocycles. The molecule has 0 amide bonds. The van der Waals surface area contributed by atoms with E-state index in [1.54, 1.807) is 0 Å². The Bertz CT molecular complexity index is 522. The Labute approximate surface area is 138 Å². The van der Waals surface area contributed by atoms with Crippen LogP contribution in [0.1, 0.15) is 58.2 Å². The van der Waals surface area contributed by atoms with Gasteiger partial charge in [-0.15, -0.1) is 0 Å². The van der Waals surface area contributed by atoms with Gasteiger partial charge in [0.15, 0.2) is 0 Å². The zero-order chi connectivity index (χ0) is 17.9. The first-order chi connectivity index (χ1) is 9.66. The lowest BCUT2D eigenvalue weighted by Gasteiger charge is -2.30. The van der Waals surface area contributed by atoms with Crippen LogP contribution in [0.15, 0.2) is 12.1 Å². The number of nitrogens with two attached hydrogens (primary N) is 3. The molecule has 6 heteroatoms. The van der Waals surface area contributed by atoms with Gasteiger partial charge in [-0.2, -0.15) is 5.26 Å². The van der Waals surface area contributed by atoms with E-state index in [-0.39, 0.29) is 5.75 Å². The summed E-state index contributed by atoms with van der Waals surface area (Å²) >= 11 is 3.09. The molecule has 1 aromatic carbocycles. The molecule has 1 aromatic rings. The molecule has 0 saturated heterocycles. The van der Waals surface area contributed by atoms with E-state index in [2.05, 4.69) is 12.6 Å². The van der Waals surface area contributed by atoms with Gasteiger partial charge in [-0.1, -0.05) is 12.6 Å². The summed E-state index contributed by atoms with van der Waals surface area (Å²) in [5.74, 6) is 0.160. The average molecular weight is 324 g/mol. The van der Waals surface area contributed by atoms with Crippen LogP contribution in [0, 0.1) is 10.7 Å². The van der Waals surface area contributed by atoms with E-state index in [0.717, 1.165) is 5.56 Å². The van der Waals surface area contributed by atoms with Crippen molar-refractivity contribution in [2.45, 2.75) is 58.2 Å². The van der Waals surface area contributed by atoms with Crippen LogP contribution in [0.2, 0.25) is 0 Å². The highest BCUT2D eigenvalue weighted by atomic mass is 32.1. The monoisotopic (exact) mass is 324 g/mol. The molecule has 0 aliphatic carbocycles. The second-order valence-corrected chi connectivity index (χ2v) is 7.39. The van der Waals surface area contributed by atoms with Crippen LogP contribution in [-0.2, 0) is 16.6 Å². The molecule has 124 valence electrons. The Morgan fingerprint density at radius 1 is 0.909 bits per heavy atom. The molecule has 0 spiro atoms. The molecular formula is C16H28N4OS. The number of rotatable bonds is 3. The summed E-state index contributed by atoms with van der Waals surface area (Å²) in [5.41, 5.74) is 18.8. The molecule has 0 radical (unpaired) electrons. The predicted octanol–water partition coefficient (Wildman–Crippen LogP) is 2.37. The zero-order valence-electron chi connectivity index (χ0n) is 14.2. The molecule has 0 heterocycles. The van der Waals surface area contributed by atoms with Crippen LogP contribution < -0.4 is 17.2 Å². The smallest absolute Gasteiger partial charge is 0.130 e. The standard InChI is InChI=1S/C15H27N3O.CHNS/c1-13(2,16)9-7-10(14(3,4)17)12(19)11(8-9)15(5,6)18;2-1-3/h7-8,19H,16-18H2,1-6H3;3H. The van der Waals surface area contributed by atoms with Crippen molar-refractivity contribution in [2.24, 2.45) is 17.2 Å². The Balaban J connectivity index is 0.00000135. The SMILES string of the molecule is CC(C)(N)c1cc(C(C)(C)N)c(O)c(C(C)(C)N)c1.N#CS. The van der Waals surface area contributed by atoms with Gasteiger partial charge in [0.2, 0.25) is 0 Å². The summed E-state index contributed by atoms with van der Waals surface area (Å²) in [6, 6.07) is 3.73. The Kier molecular flexibility index (Phi) is 6.49. The molecule has 5 nitrogen and oxygen atoms in total. The van der Waals surface area contributed by atoms with E-state index in [4.69, 9.17) is 22.5 Å². The summed E-state index contributed by atoms with van der Waals surface area (Å²) in [6.45, 7) is 11.2. The second-order valence-electron chi connectivity index (χ2n) is 7.19. The molecule has 0 aromatic heterocycles. The number of hydrogen-bond acceptors (Lipinski definition) is 6. The van der Waals surface area contributed by atoms with E-state index in [9.17, 15) is 5.11 Å². The van der Waals surface area contributed by atoms with Crippen molar-refractivity contribution in [2.75, 3.05) is 0 Å². The van der Waals surface area contributed by atoms with Crippen molar-refractivity contribution in [3.05, 3.63) is 28.8 Å². The molecule has 0 unspecified atom stereocenters. The van der Waals surface area contributed by atoms with Crippen molar-refractivity contribution in [3.8, 4) is 11.2 Å². The van der Waals surface area contributed by atoms with Gasteiger partial charge in [-0.3, -0.25) is 0 Å². The number of thiocyanates is 1. The maximum absolute atomic E-state index is 10.4. The van der Waals surface area contributed by atoms with Gasteiger partial charge in [0.1, 0.15) is 11.2 Å². The predicted molar refractivity (Wildman–Crippen MR) is 94.3 cm³/mol. The summed E-state index contributed by atoms with van der Waals surface area (Å²) in [7, 11) is 0. The number of aromatic hydroxyl groups is 1. The zero-order valence-corrected chi connectivity index (χ0v) is 15.1. The first kappa shape index (κ1) is 20.7. The molecule has 0 atom stereocenters. The highest BCUT2D eigenvalue weighted by Crippen LogP contribution is 2.38. The molecular weight excluding hydrogens is 296 g/mol. The van der Waals surface area contributed by atoms with E-state index in [1.165, 1.54) is 5.40 Å². The molecule has 22 heavy (non-hydrogen) atoms. The topological polar surface area (TPSA) is 122 Å². The molecule has 0 aliphatic rings. The largest absolute Gasteiger partial charge is 0.507 e. The lowest BCUT2D eigenvalue weighted by molar-refractivity contribution is 0.411. The minimum Gasteiger partial charge on any atom is -0.507 e. The minimum absolute atomic E-state index is 0.160. The maximum atomic E-state index is 10.4. The third kappa shape index (κ3) is 5.50. The number of phenolic OH excluding ortho intramolecular Hbond substituents is 1. The van der Waals surface area contributed by atoms with Crippen molar-refractivity contribution in [1.82, 2.24) is 0 Å². The van der Waals surface area contributed by atoms with Gasteiger partial charge < -0.3 is 22.3 Å². The van der Waals surface area contributed by atoms with Crippen molar-refractivity contribution in [1.29, 1.82) is 5.26 Å².